The van der Waals surface area contributed by atoms with E-state index in [2.05, 4.69) is 42.1 Å². The summed E-state index contributed by atoms with van der Waals surface area (Å²) in [5.41, 5.74) is -1.27. The van der Waals surface area contributed by atoms with Crippen LogP contribution in [0.3, 0.4) is 0 Å². The van der Waals surface area contributed by atoms with E-state index in [9.17, 15) is 40.2 Å². The number of allylic oxidation sites excluding steroid dienone is 3. The van der Waals surface area contributed by atoms with Gasteiger partial charge >= 0.3 is 5.97 Å². The van der Waals surface area contributed by atoms with E-state index in [1.165, 1.54) is 12.0 Å². The number of nitrogens with one attached hydrogen (secondary N) is 2. The minimum Gasteiger partial charge on any atom is -0.508 e. The number of esters is 1. The first-order chi connectivity index (χ1) is 33.7. The number of H-pyrrole nitrogens is 1. The second kappa shape index (κ2) is 18.9. The molecule has 12 nitrogen and oxygen atoms in total. The quantitative estimate of drug-likeness (QED) is 0.0762. The van der Waals surface area contributed by atoms with Crippen molar-refractivity contribution < 1.29 is 49.8 Å². The number of phenolic OH excluding ortho intramolecular Hbond substituents is 1. The fourth-order valence-electron chi connectivity index (χ4n) is 16.9. The Morgan fingerprint density at radius 2 is 1.69 bits per heavy atom. The van der Waals surface area contributed by atoms with E-state index in [0.29, 0.717) is 49.5 Å². The third kappa shape index (κ3) is 8.55. The molecule has 384 valence electrons. The van der Waals surface area contributed by atoms with Crippen molar-refractivity contribution in [2.24, 2.45) is 75.9 Å². The molecule has 0 bridgehead atoms. The molecular formula is C59H78N2O10. The van der Waals surface area contributed by atoms with Gasteiger partial charge < -0.3 is 45.7 Å². The lowest BCUT2D eigenvalue weighted by atomic mass is 9.45. The minimum absolute atomic E-state index is 0.0149. The Labute approximate surface area is 419 Å². The van der Waals surface area contributed by atoms with Gasteiger partial charge in [0.15, 0.2) is 11.6 Å². The third-order valence-corrected chi connectivity index (χ3v) is 20.7. The van der Waals surface area contributed by atoms with Crippen molar-refractivity contribution in [1.29, 1.82) is 0 Å². The van der Waals surface area contributed by atoms with Crippen molar-refractivity contribution in [1.82, 2.24) is 10.3 Å². The highest BCUT2D eigenvalue weighted by Crippen LogP contribution is 2.71. The molecule has 1 saturated heterocycles. The summed E-state index contributed by atoms with van der Waals surface area (Å²) >= 11 is 0. The highest BCUT2D eigenvalue weighted by atomic mass is 16.5. The molecule has 1 aromatic heterocycles. The van der Waals surface area contributed by atoms with Crippen molar-refractivity contribution in [2.45, 2.75) is 160 Å². The van der Waals surface area contributed by atoms with Gasteiger partial charge in [-0.15, -0.1) is 5.92 Å². The molecule has 8 N–H and O–H groups in total. The van der Waals surface area contributed by atoms with Crippen LogP contribution in [0.4, 0.5) is 0 Å². The number of Topliss-reactive ketones (excluding diaryl/α,β-unsaturated/α-hetero) is 2. The summed E-state index contributed by atoms with van der Waals surface area (Å²) in [5.74, 6) is 5.31. The highest BCUT2D eigenvalue weighted by Gasteiger charge is 2.72. The zero-order valence-electron chi connectivity index (χ0n) is 42.4. The number of carbonyl (C=O) groups excluding carboxylic acids is 3. The van der Waals surface area contributed by atoms with Gasteiger partial charge in [0, 0.05) is 54.3 Å². The average Bonchev–Trinajstić information content (AvgIpc) is 4.05. The molecule has 71 heavy (non-hydrogen) atoms. The lowest BCUT2D eigenvalue weighted by molar-refractivity contribution is -0.183. The predicted octanol–water partition coefficient (Wildman–Crippen LogP) is 7.08. The first kappa shape index (κ1) is 50.3. The summed E-state index contributed by atoms with van der Waals surface area (Å²) in [6.45, 7) is 10.4. The van der Waals surface area contributed by atoms with Crippen molar-refractivity contribution in [3.63, 3.8) is 0 Å². The van der Waals surface area contributed by atoms with E-state index >= 15 is 4.79 Å². The van der Waals surface area contributed by atoms with Crippen molar-refractivity contribution >= 4 is 17.5 Å². The maximum Gasteiger partial charge on any atom is 0.313 e. The van der Waals surface area contributed by atoms with E-state index in [0.717, 1.165) is 36.8 Å². The van der Waals surface area contributed by atoms with Crippen LogP contribution in [0.1, 0.15) is 135 Å². The number of carbonyl (C=O) groups is 3. The molecule has 19 atom stereocenters. The molecule has 12 heteroatoms. The van der Waals surface area contributed by atoms with E-state index in [4.69, 9.17) is 4.74 Å². The van der Waals surface area contributed by atoms with Gasteiger partial charge in [-0.2, -0.15) is 0 Å². The number of aryl methyl sites for hydroxylation is 1. The topological polar surface area (TPSA) is 210 Å². The molecular weight excluding hydrogens is 897 g/mol. The molecule has 4 saturated carbocycles. The summed E-state index contributed by atoms with van der Waals surface area (Å²) < 4.78 is 5.90. The maximum absolute atomic E-state index is 15.2. The van der Waals surface area contributed by atoms with Crippen LogP contribution < -0.4 is 5.32 Å². The second-order valence-corrected chi connectivity index (χ2v) is 24.7. The second-order valence-electron chi connectivity index (χ2n) is 24.7. The Morgan fingerprint density at radius 1 is 0.915 bits per heavy atom. The van der Waals surface area contributed by atoms with Crippen LogP contribution >= 0.6 is 0 Å². The van der Waals surface area contributed by atoms with Gasteiger partial charge in [-0.25, -0.2) is 0 Å². The molecule has 2 aromatic rings. The molecule has 5 fully saturated rings. The average molecular weight is 975 g/mol. The lowest BCUT2D eigenvalue weighted by Gasteiger charge is -2.61. The Hall–Kier alpha value is -4.25. The molecule has 7 aliphatic carbocycles. The molecule has 1 aliphatic heterocycles. The number of fused-ring (bicyclic) bond motifs is 10. The van der Waals surface area contributed by atoms with Gasteiger partial charge in [0.05, 0.1) is 54.3 Å². The van der Waals surface area contributed by atoms with Crippen molar-refractivity contribution in [3.8, 4) is 17.6 Å². The summed E-state index contributed by atoms with van der Waals surface area (Å²) in [4.78, 5) is 45.7. The lowest BCUT2D eigenvalue weighted by Crippen LogP contribution is -2.64. The zero-order chi connectivity index (χ0) is 50.4. The van der Waals surface area contributed by atoms with Crippen molar-refractivity contribution in [3.05, 3.63) is 76.8 Å². The number of rotatable bonds is 8. The van der Waals surface area contributed by atoms with Crippen LogP contribution in [0.15, 0.2) is 65.6 Å². The molecule has 1 aromatic carbocycles. The molecule has 10 rings (SSSR count). The number of ketones is 2. The van der Waals surface area contributed by atoms with Crippen molar-refractivity contribution in [2.75, 3.05) is 13.2 Å². The van der Waals surface area contributed by atoms with Gasteiger partial charge in [0.1, 0.15) is 5.75 Å². The molecule has 0 radical (unpaired) electrons. The van der Waals surface area contributed by atoms with Gasteiger partial charge in [0.25, 0.3) is 0 Å². The van der Waals surface area contributed by atoms with Crippen LogP contribution in [0.5, 0.6) is 5.75 Å². The molecule has 0 spiro atoms. The number of hydrogen-bond donors (Lipinski definition) is 8. The number of aromatic amines is 1. The smallest absolute Gasteiger partial charge is 0.313 e. The first-order valence-electron chi connectivity index (χ1n) is 27.0. The summed E-state index contributed by atoms with van der Waals surface area (Å²) in [6, 6.07) is 8.66. The monoisotopic (exact) mass is 975 g/mol. The number of aliphatic hydroxyl groups excluding tert-OH is 3. The van der Waals surface area contributed by atoms with E-state index < -0.39 is 69.9 Å². The van der Waals surface area contributed by atoms with Gasteiger partial charge in [-0.3, -0.25) is 14.4 Å². The minimum atomic E-state index is -1.70. The van der Waals surface area contributed by atoms with Crippen LogP contribution in [0.25, 0.3) is 0 Å². The predicted molar refractivity (Wildman–Crippen MR) is 267 cm³/mol. The number of phenols is 1. The summed E-state index contributed by atoms with van der Waals surface area (Å²) in [7, 11) is 0. The van der Waals surface area contributed by atoms with Crippen LogP contribution in [0.2, 0.25) is 0 Å². The van der Waals surface area contributed by atoms with Gasteiger partial charge in [-0.05, 0) is 166 Å². The summed E-state index contributed by atoms with van der Waals surface area (Å²) in [5, 5.41) is 75.3. The van der Waals surface area contributed by atoms with Crippen LogP contribution in [-0.4, -0.2) is 95.8 Å². The molecule has 8 aliphatic rings. The normalized spacial score (nSPS) is 44.3. The van der Waals surface area contributed by atoms with Gasteiger partial charge in [-0.1, -0.05) is 57.4 Å². The number of ether oxygens (including phenoxy) is 1. The zero-order valence-corrected chi connectivity index (χ0v) is 42.4. The highest BCUT2D eigenvalue weighted by molar-refractivity contribution is 6.00. The number of hydrogen-bond acceptors (Lipinski definition) is 11. The van der Waals surface area contributed by atoms with Gasteiger partial charge in [0.2, 0.25) is 0 Å². The molecule has 0 amide bonds. The molecule has 2 heterocycles. The van der Waals surface area contributed by atoms with E-state index in [-0.39, 0.29) is 97.4 Å². The standard InChI is InChI=1S/C59H78N2O10/c1-32-9-13-35-14-18-41-33(2)24-49(66)58(5,69)54-37(8-6-7-36(25-43(41)42(35)23-32)44-31-71-55(68)50(44)38-20-22-60-29-38)27-59(70)51-45(19-21-57(54,59)4)56(3)28-48(65)47(64)26-46(56)53(67)52(51)61-30-40(63)17-12-34-10-15-39(62)16-11-34/h10-11,14-16,20,22,29,32-33,36-37,41-50,54,60-62,64-66,69-70H,8-9,12-13,17-19,21,23-28,30-31H2,1-5H3. The SMILES string of the molecule is CC1CCC2=CCC3C(C)CC(O)C(C)(O)C4C(CC#CC(C5COC(=O)C5c5cc[nH]c5)CC3C2C1)CC1(O)C2=C(NCC(=O)CCc3ccc(O)cc3)C(=O)C3CC(O)C(O)CC3(C)C2CCC41C. The summed E-state index contributed by atoms with van der Waals surface area (Å²) in [6.07, 6.45) is 10.5. The maximum atomic E-state index is 15.2. The Bertz CT molecular complexity index is 2490. The third-order valence-electron chi connectivity index (χ3n) is 20.7. The molecule has 19 unspecified atom stereocenters. The Balaban J connectivity index is 1.06. The first-order valence-corrected chi connectivity index (χ1v) is 27.0. The van der Waals surface area contributed by atoms with Crippen LogP contribution in [-0.2, 0) is 25.5 Å². The number of aromatic nitrogens is 1. The van der Waals surface area contributed by atoms with Crippen LogP contribution in [0, 0.1) is 87.8 Å². The van der Waals surface area contributed by atoms with E-state index in [1.807, 2.05) is 32.3 Å². The number of cyclic esters (lactones) is 1. The number of aromatic hydroxyl groups is 1. The fraction of sp³-hybridized carbons (Fsp3) is 0.678. The Kier molecular flexibility index (Phi) is 13.4. The fourth-order valence-corrected chi connectivity index (χ4v) is 16.9. The Morgan fingerprint density at radius 3 is 2.44 bits per heavy atom. The van der Waals surface area contributed by atoms with E-state index in [1.54, 1.807) is 31.2 Å². The number of aliphatic hydroxyl groups is 5. The largest absolute Gasteiger partial charge is 0.508 e. The number of benzene rings is 1.